The summed E-state index contributed by atoms with van der Waals surface area (Å²) in [7, 11) is 1.62. The van der Waals surface area contributed by atoms with Crippen molar-refractivity contribution in [3.63, 3.8) is 0 Å². The second kappa shape index (κ2) is 11.7. The summed E-state index contributed by atoms with van der Waals surface area (Å²) in [5.74, 6) is -1.23. The van der Waals surface area contributed by atoms with Crippen LogP contribution in [-0.4, -0.2) is 67.1 Å². The average molecular weight is 347 g/mol. The van der Waals surface area contributed by atoms with Crippen molar-refractivity contribution in [2.75, 3.05) is 33.4 Å². The largest absolute Gasteiger partial charge is 0.481 e. The number of carbonyl (C=O) groups excluding carboxylic acids is 2. The van der Waals surface area contributed by atoms with Crippen molar-refractivity contribution in [1.29, 1.82) is 0 Å². The quantitative estimate of drug-likeness (QED) is 0.451. The molecule has 0 aliphatic rings. The highest BCUT2D eigenvalue weighted by Gasteiger charge is 2.19. The Balaban J connectivity index is 3.57. The van der Waals surface area contributed by atoms with Crippen LogP contribution in [0.2, 0.25) is 0 Å². The number of esters is 1. The molecule has 0 aliphatic carbocycles. The number of hydrogen-bond acceptors (Lipinski definition) is 6. The maximum absolute atomic E-state index is 11.7. The second-order valence-corrected chi connectivity index (χ2v) is 6.34. The molecule has 0 fully saturated rings. The smallest absolute Gasteiger partial charge is 0.410 e. The van der Waals surface area contributed by atoms with Gasteiger partial charge in [0.1, 0.15) is 12.2 Å². The fourth-order valence-electron chi connectivity index (χ4n) is 1.57. The molecule has 0 rings (SSSR count). The molecular formula is C16H29NO7. The summed E-state index contributed by atoms with van der Waals surface area (Å²) >= 11 is 0. The Bertz CT molecular complexity index is 404. The van der Waals surface area contributed by atoms with Crippen LogP contribution in [0.5, 0.6) is 0 Å². The molecule has 0 atom stereocenters. The Morgan fingerprint density at radius 3 is 2.21 bits per heavy atom. The zero-order valence-electron chi connectivity index (χ0n) is 15.0. The van der Waals surface area contributed by atoms with E-state index in [-0.39, 0.29) is 32.0 Å². The Labute approximate surface area is 143 Å². The zero-order valence-corrected chi connectivity index (χ0v) is 15.0. The standard InChI is InChI=1S/C16H29NO7/c1-16(2,3)24-15(21)17(4)9-10-22-11-12-23-14(20)8-6-5-7-13(18)19/h5-12H2,1-4H3,(H,18,19). The number of likely N-dealkylation sites (N-methyl/N-ethyl adjacent to an activating group) is 1. The van der Waals surface area contributed by atoms with Gasteiger partial charge >= 0.3 is 18.0 Å². The molecule has 8 heteroatoms. The lowest BCUT2D eigenvalue weighted by Gasteiger charge is -2.24. The van der Waals surface area contributed by atoms with E-state index >= 15 is 0 Å². The number of carbonyl (C=O) groups is 3. The molecule has 0 aliphatic heterocycles. The normalized spacial score (nSPS) is 11.0. The fraction of sp³-hybridized carbons (Fsp3) is 0.812. The van der Waals surface area contributed by atoms with Crippen molar-refractivity contribution >= 4 is 18.0 Å². The van der Waals surface area contributed by atoms with Gasteiger partial charge in [0.05, 0.1) is 13.2 Å². The van der Waals surface area contributed by atoms with Crippen molar-refractivity contribution in [2.45, 2.75) is 52.1 Å². The number of aliphatic carboxylic acids is 1. The Morgan fingerprint density at radius 1 is 1.00 bits per heavy atom. The summed E-state index contributed by atoms with van der Waals surface area (Å²) in [5, 5.41) is 8.47. The molecule has 0 aromatic rings. The average Bonchev–Trinajstić information content (AvgIpc) is 2.45. The van der Waals surface area contributed by atoms with E-state index < -0.39 is 17.7 Å². The minimum absolute atomic E-state index is 0.0571. The Kier molecular flexibility index (Phi) is 10.8. The van der Waals surface area contributed by atoms with E-state index in [1.165, 1.54) is 4.90 Å². The molecule has 24 heavy (non-hydrogen) atoms. The van der Waals surface area contributed by atoms with E-state index in [4.69, 9.17) is 19.3 Å². The van der Waals surface area contributed by atoms with Crippen molar-refractivity contribution in [3.8, 4) is 0 Å². The summed E-state index contributed by atoms with van der Waals surface area (Å²) in [6.07, 6.45) is 0.791. The van der Waals surface area contributed by atoms with Gasteiger partial charge in [0.25, 0.3) is 0 Å². The number of ether oxygens (including phenoxy) is 3. The van der Waals surface area contributed by atoms with Crippen LogP contribution in [0.25, 0.3) is 0 Å². The summed E-state index contributed by atoms with van der Waals surface area (Å²) in [6.45, 7) is 6.45. The van der Waals surface area contributed by atoms with Gasteiger partial charge in [-0.05, 0) is 33.6 Å². The van der Waals surface area contributed by atoms with Crippen LogP contribution >= 0.6 is 0 Å². The van der Waals surface area contributed by atoms with Crippen LogP contribution in [0.3, 0.4) is 0 Å². The van der Waals surface area contributed by atoms with Crippen LogP contribution in [0, 0.1) is 0 Å². The first kappa shape index (κ1) is 22.2. The van der Waals surface area contributed by atoms with Gasteiger partial charge in [-0.1, -0.05) is 0 Å². The Hall–Kier alpha value is -1.83. The molecule has 1 N–H and O–H groups in total. The minimum Gasteiger partial charge on any atom is -0.481 e. The predicted octanol–water partition coefficient (Wildman–Crippen LogP) is 2.06. The number of unbranched alkanes of at least 4 members (excludes halogenated alkanes) is 1. The lowest BCUT2D eigenvalue weighted by molar-refractivity contribution is -0.145. The number of rotatable bonds is 11. The first-order valence-electron chi connectivity index (χ1n) is 8.01. The number of carboxylic acids is 1. The van der Waals surface area contributed by atoms with Crippen LogP contribution in [-0.2, 0) is 23.8 Å². The van der Waals surface area contributed by atoms with Gasteiger partial charge in [-0.2, -0.15) is 0 Å². The lowest BCUT2D eigenvalue weighted by Crippen LogP contribution is -2.36. The maximum atomic E-state index is 11.7. The van der Waals surface area contributed by atoms with E-state index in [1.54, 1.807) is 27.8 Å². The van der Waals surface area contributed by atoms with Gasteiger partial charge in [0.15, 0.2) is 0 Å². The Morgan fingerprint density at radius 2 is 1.62 bits per heavy atom. The van der Waals surface area contributed by atoms with Crippen molar-refractivity contribution < 1.29 is 33.7 Å². The van der Waals surface area contributed by atoms with Gasteiger partial charge < -0.3 is 24.2 Å². The SMILES string of the molecule is CN(CCOCCOC(=O)CCCCC(=O)O)C(=O)OC(C)(C)C. The van der Waals surface area contributed by atoms with E-state index in [0.717, 1.165) is 0 Å². The van der Waals surface area contributed by atoms with Gasteiger partial charge in [0.2, 0.25) is 0 Å². The molecule has 0 unspecified atom stereocenters. The molecule has 0 saturated heterocycles. The van der Waals surface area contributed by atoms with Gasteiger partial charge in [-0.3, -0.25) is 9.59 Å². The van der Waals surface area contributed by atoms with Crippen molar-refractivity contribution in [2.24, 2.45) is 0 Å². The highest BCUT2D eigenvalue weighted by atomic mass is 16.6. The highest BCUT2D eigenvalue weighted by Crippen LogP contribution is 2.08. The van der Waals surface area contributed by atoms with Crippen LogP contribution in [0.4, 0.5) is 4.79 Å². The van der Waals surface area contributed by atoms with E-state index in [9.17, 15) is 14.4 Å². The summed E-state index contributed by atoms with van der Waals surface area (Å²) in [4.78, 5) is 34.8. The number of nitrogens with zero attached hydrogens (tertiary/aromatic N) is 1. The molecule has 0 radical (unpaired) electrons. The van der Waals surface area contributed by atoms with E-state index in [1.807, 2.05) is 0 Å². The topological polar surface area (TPSA) is 102 Å². The molecule has 0 aromatic carbocycles. The van der Waals surface area contributed by atoms with Crippen LogP contribution in [0.1, 0.15) is 46.5 Å². The second-order valence-electron chi connectivity index (χ2n) is 6.34. The first-order chi connectivity index (χ1) is 11.1. The molecule has 0 heterocycles. The monoisotopic (exact) mass is 347 g/mol. The third-order valence-electron chi connectivity index (χ3n) is 2.79. The zero-order chi connectivity index (χ0) is 18.6. The number of carboxylic acid groups (broad SMARTS) is 1. The van der Waals surface area contributed by atoms with Crippen molar-refractivity contribution in [3.05, 3.63) is 0 Å². The maximum Gasteiger partial charge on any atom is 0.410 e. The van der Waals surface area contributed by atoms with Crippen molar-refractivity contribution in [1.82, 2.24) is 4.90 Å². The molecule has 1 amide bonds. The molecule has 0 spiro atoms. The number of hydrogen-bond donors (Lipinski definition) is 1. The van der Waals surface area contributed by atoms with E-state index in [0.29, 0.717) is 26.0 Å². The fourth-order valence-corrected chi connectivity index (χ4v) is 1.57. The first-order valence-corrected chi connectivity index (χ1v) is 8.01. The van der Waals surface area contributed by atoms with Crippen LogP contribution in [0.15, 0.2) is 0 Å². The molecule has 0 saturated carbocycles. The summed E-state index contributed by atoms with van der Waals surface area (Å²) in [6, 6.07) is 0. The van der Waals surface area contributed by atoms with E-state index in [2.05, 4.69) is 0 Å². The summed E-state index contributed by atoms with van der Waals surface area (Å²) in [5.41, 5.74) is -0.537. The third-order valence-corrected chi connectivity index (χ3v) is 2.79. The minimum atomic E-state index is -0.867. The molecule has 8 nitrogen and oxygen atoms in total. The lowest BCUT2D eigenvalue weighted by atomic mass is 10.2. The van der Waals surface area contributed by atoms with Gasteiger partial charge in [-0.25, -0.2) is 4.79 Å². The molecular weight excluding hydrogens is 318 g/mol. The summed E-state index contributed by atoms with van der Waals surface area (Å²) < 4.78 is 15.4. The number of amides is 1. The highest BCUT2D eigenvalue weighted by molar-refractivity contribution is 5.69. The molecule has 140 valence electrons. The third kappa shape index (κ3) is 13.8. The molecule has 0 bridgehead atoms. The van der Waals surface area contributed by atoms with Crippen LogP contribution < -0.4 is 0 Å². The predicted molar refractivity (Wildman–Crippen MR) is 86.7 cm³/mol. The van der Waals surface area contributed by atoms with Gasteiger partial charge in [-0.15, -0.1) is 0 Å². The molecule has 0 aromatic heterocycles. The van der Waals surface area contributed by atoms with Gasteiger partial charge in [0, 0.05) is 26.4 Å².